The van der Waals surface area contributed by atoms with Crippen LogP contribution >= 0.6 is 11.8 Å². The summed E-state index contributed by atoms with van der Waals surface area (Å²) in [6, 6.07) is 20.5. The van der Waals surface area contributed by atoms with Gasteiger partial charge in [-0.05, 0) is 17.0 Å². The molecule has 0 aromatic heterocycles. The third-order valence-corrected chi connectivity index (χ3v) is 7.41. The monoisotopic (exact) mass is 549 g/mol. The summed E-state index contributed by atoms with van der Waals surface area (Å²) in [5, 5.41) is 14.5. The molecule has 4 amide bonds. The van der Waals surface area contributed by atoms with Crippen LogP contribution in [0.4, 0.5) is 4.79 Å². The molecule has 1 fully saturated rings. The number of carboxylic acid groups (broad SMARTS) is 1. The molecule has 0 bridgehead atoms. The number of amides is 4. The summed E-state index contributed by atoms with van der Waals surface area (Å²) >= 11 is 1.44. The Hall–Kier alpha value is -4.58. The molecule has 3 aromatic rings. The Morgan fingerprint density at radius 1 is 1.13 bits per heavy atom. The molecular weight excluding hydrogens is 522 g/mol. The number of nitrogens with two attached hydrogens (primary N) is 1. The quantitative estimate of drug-likeness (QED) is 0.189. The lowest BCUT2D eigenvalue weighted by Gasteiger charge is -2.37. The zero-order valence-electron chi connectivity index (χ0n) is 20.8. The van der Waals surface area contributed by atoms with Gasteiger partial charge in [-0.15, -0.1) is 11.8 Å². The molecule has 0 radical (unpaired) electrons. The van der Waals surface area contributed by atoms with Crippen LogP contribution in [0, 0.1) is 0 Å². The Morgan fingerprint density at radius 3 is 2.56 bits per heavy atom. The first kappa shape index (κ1) is 27.5. The molecule has 12 heteroatoms. The number of thioether (sulfide) groups is 1. The predicted octanol–water partition coefficient (Wildman–Crippen LogP) is 2.77. The highest BCUT2D eigenvalue weighted by Crippen LogP contribution is 2.42. The van der Waals surface area contributed by atoms with E-state index in [2.05, 4.69) is 5.10 Å². The van der Waals surface area contributed by atoms with Gasteiger partial charge in [0.05, 0.1) is 12.5 Å². The van der Waals surface area contributed by atoms with Gasteiger partial charge in [0.2, 0.25) is 6.41 Å². The van der Waals surface area contributed by atoms with Crippen LogP contribution in [-0.4, -0.2) is 70.0 Å². The third kappa shape index (κ3) is 6.65. The number of nitrogens with one attached hydrogen (secondary N) is 1. The van der Waals surface area contributed by atoms with Crippen LogP contribution in [0.15, 0.2) is 77.9 Å². The van der Waals surface area contributed by atoms with Crippen molar-refractivity contribution in [2.45, 2.75) is 24.0 Å². The normalized spacial score (nSPS) is 17.6. The minimum atomic E-state index is -1.19. The molecule has 11 nitrogen and oxygen atoms in total. The Kier molecular flexibility index (Phi) is 9.00. The van der Waals surface area contributed by atoms with Crippen LogP contribution in [0.1, 0.15) is 17.4 Å². The van der Waals surface area contributed by atoms with Crippen LogP contribution in [0.5, 0.6) is 5.75 Å². The predicted molar refractivity (Wildman–Crippen MR) is 147 cm³/mol. The second kappa shape index (κ2) is 12.8. The van der Waals surface area contributed by atoms with Gasteiger partial charge in [0.25, 0.3) is 5.91 Å². The number of urea groups is 1. The molecule has 4 N–H and O–H groups in total. The standard InChI is InChI=1S/C27H27N5O6S/c28-27(37)30-29-14-20(13-25(35)36)31(17-33)23-16-39-26(19-8-2-1-3-9-19)32(23)24(34)15-38-22-12-6-10-18-7-4-5-11-21(18)22/h1-12,14,17,20,23,26H,13,15-16H2,(H,35,36)(H3,28,30,37)/t20-,23+,26?/m0/s1. The lowest BCUT2D eigenvalue weighted by Crippen LogP contribution is -2.54. The summed E-state index contributed by atoms with van der Waals surface area (Å²) in [5.74, 6) is -0.729. The fourth-order valence-electron chi connectivity index (χ4n) is 4.40. The summed E-state index contributed by atoms with van der Waals surface area (Å²) in [4.78, 5) is 51.4. The number of carbonyl (C=O) groups is 4. The van der Waals surface area contributed by atoms with Gasteiger partial charge in [0, 0.05) is 17.4 Å². The van der Waals surface area contributed by atoms with Crippen LogP contribution < -0.4 is 15.9 Å². The Morgan fingerprint density at radius 2 is 1.85 bits per heavy atom. The summed E-state index contributed by atoms with van der Waals surface area (Å²) < 4.78 is 5.97. The van der Waals surface area contributed by atoms with E-state index in [-0.39, 0.29) is 12.5 Å². The molecule has 1 aliphatic rings. The summed E-state index contributed by atoms with van der Waals surface area (Å²) in [5.41, 5.74) is 7.89. The van der Waals surface area contributed by atoms with Crippen molar-refractivity contribution in [2.24, 2.45) is 10.8 Å². The highest BCUT2D eigenvalue weighted by Gasteiger charge is 2.43. The van der Waals surface area contributed by atoms with Crippen LogP contribution in [-0.2, 0) is 14.4 Å². The molecule has 1 unspecified atom stereocenters. The average Bonchev–Trinajstić information content (AvgIpc) is 3.37. The van der Waals surface area contributed by atoms with E-state index in [1.165, 1.54) is 21.6 Å². The molecule has 3 atom stereocenters. The first-order chi connectivity index (χ1) is 18.9. The van der Waals surface area contributed by atoms with Crippen molar-refractivity contribution in [1.29, 1.82) is 0 Å². The molecule has 0 aliphatic carbocycles. The number of hydrogen-bond acceptors (Lipinski definition) is 7. The Bertz CT molecular complexity index is 1370. The molecule has 39 heavy (non-hydrogen) atoms. The van der Waals surface area contributed by atoms with Gasteiger partial charge < -0.3 is 25.4 Å². The lowest BCUT2D eigenvalue weighted by molar-refractivity contribution is -0.143. The number of ether oxygens (including phenoxy) is 1. The Balaban J connectivity index is 1.63. The summed E-state index contributed by atoms with van der Waals surface area (Å²) in [7, 11) is 0. The number of nitrogens with zero attached hydrogens (tertiary/aromatic N) is 3. The first-order valence-corrected chi connectivity index (χ1v) is 13.1. The molecule has 1 saturated heterocycles. The van der Waals surface area contributed by atoms with Gasteiger partial charge in [-0.3, -0.25) is 14.4 Å². The van der Waals surface area contributed by atoms with E-state index in [1.807, 2.05) is 72.2 Å². The number of hydrogen-bond donors (Lipinski definition) is 3. The molecule has 0 spiro atoms. The summed E-state index contributed by atoms with van der Waals surface area (Å²) in [6.45, 7) is -0.304. The minimum Gasteiger partial charge on any atom is -0.483 e. The van der Waals surface area contributed by atoms with Gasteiger partial charge in [-0.1, -0.05) is 66.7 Å². The molecule has 1 heterocycles. The average molecular weight is 550 g/mol. The highest BCUT2D eigenvalue weighted by atomic mass is 32.2. The van der Waals surface area contributed by atoms with Crippen molar-refractivity contribution in [3.8, 4) is 5.75 Å². The number of rotatable bonds is 11. The van der Waals surface area contributed by atoms with Crippen molar-refractivity contribution >= 4 is 53.1 Å². The molecular formula is C27H27N5O6S. The highest BCUT2D eigenvalue weighted by molar-refractivity contribution is 7.99. The third-order valence-electron chi connectivity index (χ3n) is 6.10. The van der Waals surface area contributed by atoms with E-state index in [1.54, 1.807) is 6.07 Å². The van der Waals surface area contributed by atoms with E-state index in [4.69, 9.17) is 10.5 Å². The topological polar surface area (TPSA) is 155 Å². The van der Waals surface area contributed by atoms with Crippen LogP contribution in [0.2, 0.25) is 0 Å². The largest absolute Gasteiger partial charge is 0.483 e. The molecule has 3 aromatic carbocycles. The van der Waals surface area contributed by atoms with Crippen molar-refractivity contribution in [1.82, 2.24) is 15.2 Å². The van der Waals surface area contributed by atoms with Gasteiger partial charge in [-0.2, -0.15) is 5.10 Å². The number of fused-ring (bicyclic) bond motifs is 1. The number of primary amides is 1. The number of carbonyl (C=O) groups excluding carboxylic acids is 3. The maximum Gasteiger partial charge on any atom is 0.332 e. The van der Waals surface area contributed by atoms with E-state index in [9.17, 15) is 24.3 Å². The maximum absolute atomic E-state index is 13.7. The second-order valence-electron chi connectivity index (χ2n) is 8.62. The van der Waals surface area contributed by atoms with Crippen molar-refractivity contribution in [3.63, 3.8) is 0 Å². The molecule has 202 valence electrons. The zero-order chi connectivity index (χ0) is 27.8. The van der Waals surface area contributed by atoms with E-state index >= 15 is 0 Å². The fraction of sp³-hybridized carbons (Fsp3) is 0.222. The van der Waals surface area contributed by atoms with E-state index < -0.39 is 36.0 Å². The SMILES string of the molecule is NC(=O)NN=C[C@H](CC(=O)O)N(C=O)[C@H]1CSC(c2ccccc2)N1C(=O)COc1cccc2ccccc12. The molecule has 0 saturated carbocycles. The Labute approximate surface area is 228 Å². The smallest absolute Gasteiger partial charge is 0.332 e. The zero-order valence-corrected chi connectivity index (χ0v) is 21.6. The number of hydrazone groups is 1. The molecule has 4 rings (SSSR count). The van der Waals surface area contributed by atoms with Gasteiger partial charge in [0.1, 0.15) is 17.3 Å². The fourth-order valence-corrected chi connectivity index (χ4v) is 5.86. The summed E-state index contributed by atoms with van der Waals surface area (Å²) in [6.07, 6.45) is 0.275. The minimum absolute atomic E-state index is 0.304. The first-order valence-electron chi connectivity index (χ1n) is 12.0. The number of benzene rings is 3. The van der Waals surface area contributed by atoms with Gasteiger partial charge >= 0.3 is 12.0 Å². The number of carboxylic acids is 1. The lowest BCUT2D eigenvalue weighted by atomic mass is 10.1. The van der Waals surface area contributed by atoms with Crippen LogP contribution in [0.25, 0.3) is 10.8 Å². The van der Waals surface area contributed by atoms with Crippen molar-refractivity contribution in [2.75, 3.05) is 12.4 Å². The number of aliphatic carboxylic acids is 1. The van der Waals surface area contributed by atoms with E-state index in [0.717, 1.165) is 22.6 Å². The van der Waals surface area contributed by atoms with E-state index in [0.29, 0.717) is 17.9 Å². The molecule has 1 aliphatic heterocycles. The van der Waals surface area contributed by atoms with Crippen molar-refractivity contribution < 1.29 is 29.0 Å². The van der Waals surface area contributed by atoms with Gasteiger partial charge in [-0.25, -0.2) is 10.2 Å². The van der Waals surface area contributed by atoms with Crippen LogP contribution in [0.3, 0.4) is 0 Å². The second-order valence-corrected chi connectivity index (χ2v) is 9.73. The van der Waals surface area contributed by atoms with Gasteiger partial charge in [0.15, 0.2) is 6.61 Å². The maximum atomic E-state index is 13.7. The van der Waals surface area contributed by atoms with Crippen molar-refractivity contribution in [3.05, 3.63) is 78.4 Å².